The van der Waals surface area contributed by atoms with Gasteiger partial charge in [-0.05, 0) is 51.0 Å². The number of rotatable bonds is 7. The minimum atomic E-state index is 0.147. The Balaban J connectivity index is 1.66. The van der Waals surface area contributed by atoms with E-state index in [-0.39, 0.29) is 12.0 Å². The third-order valence-electron chi connectivity index (χ3n) is 3.63. The fourth-order valence-electron chi connectivity index (χ4n) is 2.61. The number of hydrogen-bond donors (Lipinski definition) is 2. The zero-order valence-corrected chi connectivity index (χ0v) is 13.0. The SMILES string of the molecule is CC(C)Oc1ccc(NCCC(=O)NC2CCCC2)cc1. The molecular formula is C17H26N2O2. The smallest absolute Gasteiger partial charge is 0.221 e. The van der Waals surface area contributed by atoms with E-state index >= 15 is 0 Å². The molecule has 1 aliphatic carbocycles. The van der Waals surface area contributed by atoms with Gasteiger partial charge in [0.2, 0.25) is 5.91 Å². The third kappa shape index (κ3) is 5.66. The molecule has 1 amide bonds. The van der Waals surface area contributed by atoms with Crippen LogP contribution in [0, 0.1) is 0 Å². The van der Waals surface area contributed by atoms with Crippen LogP contribution in [0.5, 0.6) is 5.75 Å². The molecule has 0 bridgehead atoms. The molecule has 0 spiro atoms. The summed E-state index contributed by atoms with van der Waals surface area (Å²) >= 11 is 0. The van der Waals surface area contributed by atoms with Crippen LogP contribution in [0.2, 0.25) is 0 Å². The first-order valence-electron chi connectivity index (χ1n) is 7.93. The zero-order chi connectivity index (χ0) is 15.1. The van der Waals surface area contributed by atoms with Gasteiger partial charge in [0.25, 0.3) is 0 Å². The maximum absolute atomic E-state index is 11.8. The third-order valence-corrected chi connectivity index (χ3v) is 3.63. The van der Waals surface area contributed by atoms with E-state index in [4.69, 9.17) is 4.74 Å². The van der Waals surface area contributed by atoms with Crippen molar-refractivity contribution < 1.29 is 9.53 Å². The fraction of sp³-hybridized carbons (Fsp3) is 0.588. The molecule has 0 heterocycles. The van der Waals surface area contributed by atoms with Gasteiger partial charge in [0.05, 0.1) is 6.10 Å². The Morgan fingerprint density at radius 2 is 1.90 bits per heavy atom. The van der Waals surface area contributed by atoms with Gasteiger partial charge in [-0.25, -0.2) is 0 Å². The second-order valence-corrected chi connectivity index (χ2v) is 5.92. The highest BCUT2D eigenvalue weighted by atomic mass is 16.5. The lowest BCUT2D eigenvalue weighted by Crippen LogP contribution is -2.33. The summed E-state index contributed by atoms with van der Waals surface area (Å²) in [5.41, 5.74) is 1.01. The highest BCUT2D eigenvalue weighted by Gasteiger charge is 2.16. The molecule has 21 heavy (non-hydrogen) atoms. The lowest BCUT2D eigenvalue weighted by Gasteiger charge is -2.13. The average Bonchev–Trinajstić information content (AvgIpc) is 2.93. The molecule has 2 N–H and O–H groups in total. The maximum atomic E-state index is 11.8. The summed E-state index contributed by atoms with van der Waals surface area (Å²) in [7, 11) is 0. The molecule has 1 aliphatic rings. The standard InChI is InChI=1S/C17H26N2O2/c1-13(2)21-16-9-7-14(8-10-16)18-12-11-17(20)19-15-5-3-4-6-15/h7-10,13,15,18H,3-6,11-12H2,1-2H3,(H,19,20). The number of carbonyl (C=O) groups is 1. The summed E-state index contributed by atoms with van der Waals surface area (Å²) in [6.45, 7) is 4.67. The zero-order valence-electron chi connectivity index (χ0n) is 13.0. The van der Waals surface area contributed by atoms with Crippen LogP contribution in [-0.4, -0.2) is 24.6 Å². The molecule has 1 saturated carbocycles. The predicted octanol–water partition coefficient (Wildman–Crippen LogP) is 3.33. The highest BCUT2D eigenvalue weighted by Crippen LogP contribution is 2.18. The lowest BCUT2D eigenvalue weighted by molar-refractivity contribution is -0.121. The number of ether oxygens (including phenoxy) is 1. The van der Waals surface area contributed by atoms with Crippen LogP contribution in [0.25, 0.3) is 0 Å². The number of benzene rings is 1. The van der Waals surface area contributed by atoms with Gasteiger partial charge in [-0.3, -0.25) is 4.79 Å². The highest BCUT2D eigenvalue weighted by molar-refractivity contribution is 5.76. The fourth-order valence-corrected chi connectivity index (χ4v) is 2.61. The normalized spacial score (nSPS) is 15.2. The summed E-state index contributed by atoms with van der Waals surface area (Å²) in [5.74, 6) is 1.02. The number of nitrogens with one attached hydrogen (secondary N) is 2. The molecule has 4 nitrogen and oxygen atoms in total. The molecular weight excluding hydrogens is 264 g/mol. The van der Waals surface area contributed by atoms with E-state index < -0.39 is 0 Å². The van der Waals surface area contributed by atoms with Crippen molar-refractivity contribution in [3.63, 3.8) is 0 Å². The minimum Gasteiger partial charge on any atom is -0.491 e. The molecule has 0 aliphatic heterocycles. The average molecular weight is 290 g/mol. The van der Waals surface area contributed by atoms with Gasteiger partial charge in [-0.15, -0.1) is 0 Å². The van der Waals surface area contributed by atoms with Crippen molar-refractivity contribution >= 4 is 11.6 Å². The van der Waals surface area contributed by atoms with Crippen LogP contribution in [-0.2, 0) is 4.79 Å². The van der Waals surface area contributed by atoms with Gasteiger partial charge in [-0.2, -0.15) is 0 Å². The second-order valence-electron chi connectivity index (χ2n) is 5.92. The van der Waals surface area contributed by atoms with E-state index in [1.807, 2.05) is 38.1 Å². The topological polar surface area (TPSA) is 50.4 Å². The van der Waals surface area contributed by atoms with E-state index in [1.165, 1.54) is 12.8 Å². The molecule has 2 rings (SSSR count). The van der Waals surface area contributed by atoms with E-state index in [2.05, 4.69) is 10.6 Å². The van der Waals surface area contributed by atoms with Crippen molar-refractivity contribution in [2.24, 2.45) is 0 Å². The Labute approximate surface area is 127 Å². The van der Waals surface area contributed by atoms with Crippen molar-refractivity contribution in [2.45, 2.75) is 58.1 Å². The summed E-state index contributed by atoms with van der Waals surface area (Å²) < 4.78 is 5.59. The number of carbonyl (C=O) groups excluding carboxylic acids is 1. The number of anilines is 1. The first-order chi connectivity index (χ1) is 10.1. The van der Waals surface area contributed by atoms with Gasteiger partial charge < -0.3 is 15.4 Å². The monoisotopic (exact) mass is 290 g/mol. The van der Waals surface area contributed by atoms with E-state index in [0.29, 0.717) is 19.0 Å². The van der Waals surface area contributed by atoms with Crippen molar-refractivity contribution in [3.05, 3.63) is 24.3 Å². The van der Waals surface area contributed by atoms with Crippen LogP contribution in [0.15, 0.2) is 24.3 Å². The molecule has 0 unspecified atom stereocenters. The Bertz CT molecular complexity index is 437. The van der Waals surface area contributed by atoms with Gasteiger partial charge in [0, 0.05) is 24.7 Å². The maximum Gasteiger partial charge on any atom is 0.221 e. The molecule has 0 atom stereocenters. The largest absolute Gasteiger partial charge is 0.491 e. The Kier molecular flexibility index (Phi) is 5.90. The minimum absolute atomic E-state index is 0.147. The van der Waals surface area contributed by atoms with Gasteiger partial charge in [0.1, 0.15) is 5.75 Å². The van der Waals surface area contributed by atoms with Crippen LogP contribution in [0.4, 0.5) is 5.69 Å². The first-order valence-corrected chi connectivity index (χ1v) is 7.93. The molecule has 1 aromatic rings. The number of hydrogen-bond acceptors (Lipinski definition) is 3. The van der Waals surface area contributed by atoms with Gasteiger partial charge in [-0.1, -0.05) is 12.8 Å². The molecule has 4 heteroatoms. The number of amides is 1. The second kappa shape index (κ2) is 7.91. The summed E-state index contributed by atoms with van der Waals surface area (Å²) in [6, 6.07) is 8.26. The van der Waals surface area contributed by atoms with Gasteiger partial charge >= 0.3 is 0 Å². The van der Waals surface area contributed by atoms with E-state index in [0.717, 1.165) is 24.3 Å². The molecule has 116 valence electrons. The predicted molar refractivity (Wildman–Crippen MR) is 85.7 cm³/mol. The van der Waals surface area contributed by atoms with Crippen molar-refractivity contribution in [2.75, 3.05) is 11.9 Å². The summed E-state index contributed by atoms with van der Waals surface area (Å²) in [5, 5.41) is 6.36. The van der Waals surface area contributed by atoms with Crippen LogP contribution in [0.1, 0.15) is 46.0 Å². The summed E-state index contributed by atoms with van der Waals surface area (Å²) in [4.78, 5) is 11.8. The van der Waals surface area contributed by atoms with Crippen LogP contribution < -0.4 is 15.4 Å². The van der Waals surface area contributed by atoms with Crippen LogP contribution >= 0.6 is 0 Å². The summed E-state index contributed by atoms with van der Waals surface area (Å²) in [6.07, 6.45) is 5.46. The Morgan fingerprint density at radius 3 is 2.52 bits per heavy atom. The Morgan fingerprint density at radius 1 is 1.24 bits per heavy atom. The van der Waals surface area contributed by atoms with Crippen molar-refractivity contribution in [3.8, 4) is 5.75 Å². The quantitative estimate of drug-likeness (QED) is 0.810. The van der Waals surface area contributed by atoms with Crippen LogP contribution in [0.3, 0.4) is 0 Å². The molecule has 0 radical (unpaired) electrons. The first kappa shape index (κ1) is 15.7. The lowest BCUT2D eigenvalue weighted by atomic mass is 10.2. The van der Waals surface area contributed by atoms with Crippen molar-refractivity contribution in [1.29, 1.82) is 0 Å². The van der Waals surface area contributed by atoms with E-state index in [1.54, 1.807) is 0 Å². The van der Waals surface area contributed by atoms with E-state index in [9.17, 15) is 4.79 Å². The molecule has 1 fully saturated rings. The van der Waals surface area contributed by atoms with Crippen molar-refractivity contribution in [1.82, 2.24) is 5.32 Å². The van der Waals surface area contributed by atoms with Gasteiger partial charge in [0.15, 0.2) is 0 Å². The Hall–Kier alpha value is -1.71. The molecule has 0 saturated heterocycles. The molecule has 1 aromatic carbocycles. The molecule has 0 aromatic heterocycles.